The summed E-state index contributed by atoms with van der Waals surface area (Å²) in [5.74, 6) is 0.956. The molecule has 1 aromatic heterocycles. The molecular formula is C15H25N3O. The third-order valence-electron chi connectivity index (χ3n) is 4.55. The van der Waals surface area contributed by atoms with Gasteiger partial charge < -0.3 is 4.90 Å². The molecule has 1 aliphatic rings. The summed E-state index contributed by atoms with van der Waals surface area (Å²) in [5, 5.41) is 4.37. The minimum atomic E-state index is 0.465. The van der Waals surface area contributed by atoms with Crippen LogP contribution in [0.3, 0.4) is 0 Å². The molecule has 4 nitrogen and oxygen atoms in total. The van der Waals surface area contributed by atoms with E-state index in [1.807, 2.05) is 18.7 Å². The van der Waals surface area contributed by atoms with Crippen LogP contribution in [-0.4, -0.2) is 29.2 Å². The van der Waals surface area contributed by atoms with E-state index in [9.17, 15) is 4.79 Å². The molecule has 0 radical (unpaired) electrons. The Morgan fingerprint density at radius 2 is 1.95 bits per heavy atom. The van der Waals surface area contributed by atoms with Crippen LogP contribution in [0.15, 0.2) is 0 Å². The Labute approximate surface area is 115 Å². The molecule has 0 amide bonds. The molecule has 0 bridgehead atoms. The van der Waals surface area contributed by atoms with E-state index >= 15 is 0 Å². The van der Waals surface area contributed by atoms with Crippen molar-refractivity contribution in [1.29, 1.82) is 0 Å². The first-order valence-corrected chi connectivity index (χ1v) is 7.07. The molecule has 1 aromatic rings. The molecule has 0 atom stereocenters. The van der Waals surface area contributed by atoms with Crippen molar-refractivity contribution in [1.82, 2.24) is 9.78 Å². The summed E-state index contributed by atoms with van der Waals surface area (Å²) in [6, 6.07) is 0.515. The molecule has 1 aliphatic carbocycles. The Morgan fingerprint density at radius 1 is 1.37 bits per heavy atom. The van der Waals surface area contributed by atoms with Gasteiger partial charge in [0.25, 0.3) is 0 Å². The summed E-state index contributed by atoms with van der Waals surface area (Å²) >= 11 is 0. The zero-order valence-corrected chi connectivity index (χ0v) is 12.7. The van der Waals surface area contributed by atoms with E-state index in [0.29, 0.717) is 11.5 Å². The number of aromatic nitrogens is 2. The molecule has 106 valence electrons. The Hall–Kier alpha value is -1.32. The molecule has 1 heterocycles. The van der Waals surface area contributed by atoms with Crippen molar-refractivity contribution in [2.75, 3.05) is 11.9 Å². The number of aryl methyl sites for hydroxylation is 2. The quantitative estimate of drug-likeness (QED) is 0.787. The first-order chi connectivity index (χ1) is 8.85. The highest BCUT2D eigenvalue weighted by Crippen LogP contribution is 2.38. The molecule has 0 N–H and O–H groups in total. The molecule has 1 saturated carbocycles. The van der Waals surface area contributed by atoms with E-state index in [-0.39, 0.29) is 0 Å². The number of hydrogen-bond donors (Lipinski definition) is 0. The Bertz CT molecular complexity index is 466. The zero-order chi connectivity index (χ0) is 14.2. The van der Waals surface area contributed by atoms with Crippen molar-refractivity contribution in [3.8, 4) is 0 Å². The Balaban J connectivity index is 2.21. The van der Waals surface area contributed by atoms with Crippen molar-refractivity contribution >= 4 is 12.1 Å². The highest BCUT2D eigenvalue weighted by atomic mass is 16.1. The first-order valence-electron chi connectivity index (χ1n) is 7.07. The smallest absolute Gasteiger partial charge is 0.155 e. The Kier molecular flexibility index (Phi) is 3.70. The van der Waals surface area contributed by atoms with Crippen LogP contribution in [0, 0.1) is 12.3 Å². The van der Waals surface area contributed by atoms with Gasteiger partial charge >= 0.3 is 0 Å². The monoisotopic (exact) mass is 263 g/mol. The zero-order valence-electron chi connectivity index (χ0n) is 12.7. The van der Waals surface area contributed by atoms with Gasteiger partial charge in [0.1, 0.15) is 5.82 Å². The number of nitrogens with zero attached hydrogens (tertiary/aromatic N) is 3. The van der Waals surface area contributed by atoms with Gasteiger partial charge in [-0.25, -0.2) is 0 Å². The average Bonchev–Trinajstić information content (AvgIpc) is 2.62. The lowest BCUT2D eigenvalue weighted by molar-refractivity contribution is 0.112. The van der Waals surface area contributed by atoms with E-state index in [1.54, 1.807) is 0 Å². The van der Waals surface area contributed by atoms with Crippen molar-refractivity contribution in [3.05, 3.63) is 11.3 Å². The minimum Gasteiger partial charge on any atom is -0.356 e. The summed E-state index contributed by atoms with van der Waals surface area (Å²) in [5.41, 5.74) is 2.01. The summed E-state index contributed by atoms with van der Waals surface area (Å²) in [4.78, 5) is 13.5. The number of aldehydes is 1. The predicted molar refractivity (Wildman–Crippen MR) is 77.8 cm³/mol. The molecule has 0 aliphatic heterocycles. The lowest BCUT2D eigenvalue weighted by atomic mass is 9.75. The highest BCUT2D eigenvalue weighted by molar-refractivity contribution is 5.84. The predicted octanol–water partition coefficient (Wildman–Crippen LogP) is 2.95. The third kappa shape index (κ3) is 2.67. The normalized spacial score (nSPS) is 19.4. The van der Waals surface area contributed by atoms with Crippen molar-refractivity contribution in [2.45, 2.75) is 52.5 Å². The SMILES string of the molecule is Cc1nn(C)c(N(C)C2CCC(C)(C)CC2)c1C=O. The maximum Gasteiger partial charge on any atom is 0.155 e. The van der Waals surface area contributed by atoms with E-state index in [2.05, 4.69) is 30.9 Å². The van der Waals surface area contributed by atoms with Crippen LogP contribution in [0.5, 0.6) is 0 Å². The van der Waals surface area contributed by atoms with Gasteiger partial charge in [-0.1, -0.05) is 13.8 Å². The largest absolute Gasteiger partial charge is 0.356 e. The van der Waals surface area contributed by atoms with Gasteiger partial charge in [0, 0.05) is 20.1 Å². The van der Waals surface area contributed by atoms with Gasteiger partial charge in [-0.05, 0) is 38.0 Å². The van der Waals surface area contributed by atoms with Crippen LogP contribution in [-0.2, 0) is 7.05 Å². The van der Waals surface area contributed by atoms with E-state index in [4.69, 9.17) is 0 Å². The van der Waals surface area contributed by atoms with Gasteiger partial charge in [0.05, 0.1) is 11.3 Å². The summed E-state index contributed by atoms with van der Waals surface area (Å²) < 4.78 is 1.83. The van der Waals surface area contributed by atoms with E-state index in [0.717, 1.165) is 23.4 Å². The van der Waals surface area contributed by atoms with Gasteiger partial charge in [-0.3, -0.25) is 9.48 Å². The van der Waals surface area contributed by atoms with E-state index in [1.165, 1.54) is 25.7 Å². The maximum absolute atomic E-state index is 11.3. The van der Waals surface area contributed by atoms with Crippen LogP contribution in [0.2, 0.25) is 0 Å². The minimum absolute atomic E-state index is 0.465. The topological polar surface area (TPSA) is 38.1 Å². The number of rotatable bonds is 3. The third-order valence-corrected chi connectivity index (χ3v) is 4.55. The van der Waals surface area contributed by atoms with Crippen LogP contribution in [0.4, 0.5) is 5.82 Å². The molecule has 0 unspecified atom stereocenters. The summed E-state index contributed by atoms with van der Waals surface area (Å²) in [6.45, 7) is 6.58. The summed E-state index contributed by atoms with van der Waals surface area (Å²) in [6.07, 6.45) is 5.80. The Morgan fingerprint density at radius 3 is 2.47 bits per heavy atom. The average molecular weight is 263 g/mol. The maximum atomic E-state index is 11.3. The lowest BCUT2D eigenvalue weighted by Gasteiger charge is -2.39. The van der Waals surface area contributed by atoms with Crippen molar-refractivity contribution in [3.63, 3.8) is 0 Å². The summed E-state index contributed by atoms with van der Waals surface area (Å²) in [7, 11) is 4.00. The molecule has 19 heavy (non-hydrogen) atoms. The molecular weight excluding hydrogens is 238 g/mol. The standard InChI is InChI=1S/C15H25N3O/c1-11-13(10-19)14(18(5)16-11)17(4)12-6-8-15(2,3)9-7-12/h10,12H,6-9H2,1-5H3. The van der Waals surface area contributed by atoms with Crippen LogP contribution < -0.4 is 4.90 Å². The first kappa shape index (κ1) is 14.1. The van der Waals surface area contributed by atoms with Gasteiger partial charge in [-0.2, -0.15) is 5.10 Å². The van der Waals surface area contributed by atoms with Gasteiger partial charge in [0.2, 0.25) is 0 Å². The fourth-order valence-corrected chi connectivity index (χ4v) is 3.16. The van der Waals surface area contributed by atoms with E-state index < -0.39 is 0 Å². The van der Waals surface area contributed by atoms with Crippen molar-refractivity contribution < 1.29 is 4.79 Å². The number of carbonyl (C=O) groups excluding carboxylic acids is 1. The number of anilines is 1. The fraction of sp³-hybridized carbons (Fsp3) is 0.733. The van der Waals surface area contributed by atoms with Crippen LogP contribution >= 0.6 is 0 Å². The second kappa shape index (κ2) is 4.99. The number of hydrogen-bond acceptors (Lipinski definition) is 3. The van der Waals surface area contributed by atoms with Crippen molar-refractivity contribution in [2.24, 2.45) is 12.5 Å². The fourth-order valence-electron chi connectivity index (χ4n) is 3.16. The van der Waals surface area contributed by atoms with Crippen LogP contribution in [0.25, 0.3) is 0 Å². The second-order valence-electron chi connectivity index (χ2n) is 6.57. The van der Waals surface area contributed by atoms with Crippen LogP contribution in [0.1, 0.15) is 55.6 Å². The van der Waals surface area contributed by atoms with Gasteiger partial charge in [0.15, 0.2) is 6.29 Å². The molecule has 4 heteroatoms. The molecule has 0 spiro atoms. The molecule has 0 aromatic carbocycles. The second-order valence-corrected chi connectivity index (χ2v) is 6.57. The molecule has 0 saturated heterocycles. The highest BCUT2D eigenvalue weighted by Gasteiger charge is 2.30. The number of carbonyl (C=O) groups is 1. The molecule has 2 rings (SSSR count). The van der Waals surface area contributed by atoms with Gasteiger partial charge in [-0.15, -0.1) is 0 Å². The molecule has 1 fully saturated rings. The lowest BCUT2D eigenvalue weighted by Crippen LogP contribution is -2.38.